The monoisotopic (exact) mass is 221 g/mol. The Labute approximate surface area is 94.6 Å². The molecule has 1 saturated heterocycles. The maximum absolute atomic E-state index is 5.29. The molecule has 0 radical (unpaired) electrons. The first-order valence-electron chi connectivity index (χ1n) is 5.44. The second-order valence-corrected chi connectivity index (χ2v) is 3.74. The lowest BCUT2D eigenvalue weighted by Crippen LogP contribution is -2.16. The van der Waals surface area contributed by atoms with E-state index in [0.717, 1.165) is 31.9 Å². The molecule has 1 aliphatic rings. The van der Waals surface area contributed by atoms with E-state index < -0.39 is 0 Å². The molecule has 1 N–H and O–H groups in total. The lowest BCUT2D eigenvalue weighted by Gasteiger charge is -2.18. The molecule has 16 heavy (non-hydrogen) atoms. The Morgan fingerprint density at radius 3 is 3.00 bits per heavy atom. The standard InChI is InChI=1S/C11H15N3O2/c1-2-5-12-8-10-13-11(14-16-10)9-3-6-15-7-4-9/h1,9,12H,3-8H2. The van der Waals surface area contributed by atoms with E-state index >= 15 is 0 Å². The largest absolute Gasteiger partial charge is 0.381 e. The van der Waals surface area contributed by atoms with Gasteiger partial charge < -0.3 is 9.26 Å². The maximum atomic E-state index is 5.29. The van der Waals surface area contributed by atoms with Crippen LogP contribution in [-0.2, 0) is 11.3 Å². The second-order valence-electron chi connectivity index (χ2n) is 3.74. The van der Waals surface area contributed by atoms with Gasteiger partial charge in [0, 0.05) is 19.1 Å². The molecule has 0 bridgehead atoms. The van der Waals surface area contributed by atoms with E-state index in [1.165, 1.54) is 0 Å². The molecule has 0 unspecified atom stereocenters. The van der Waals surface area contributed by atoms with Crippen molar-refractivity contribution in [3.05, 3.63) is 11.7 Å². The number of rotatable bonds is 4. The Bertz CT molecular complexity index is 364. The Morgan fingerprint density at radius 2 is 2.25 bits per heavy atom. The topological polar surface area (TPSA) is 60.2 Å². The zero-order chi connectivity index (χ0) is 11.2. The first-order chi connectivity index (χ1) is 7.90. The van der Waals surface area contributed by atoms with E-state index in [1.807, 2.05) is 0 Å². The summed E-state index contributed by atoms with van der Waals surface area (Å²) in [4.78, 5) is 4.34. The van der Waals surface area contributed by atoms with Crippen LogP contribution in [0.25, 0.3) is 0 Å². The smallest absolute Gasteiger partial charge is 0.240 e. The molecular weight excluding hydrogens is 206 g/mol. The van der Waals surface area contributed by atoms with Gasteiger partial charge >= 0.3 is 0 Å². The summed E-state index contributed by atoms with van der Waals surface area (Å²) < 4.78 is 10.4. The number of hydrogen-bond donors (Lipinski definition) is 1. The van der Waals surface area contributed by atoms with Gasteiger partial charge in [0.2, 0.25) is 5.89 Å². The van der Waals surface area contributed by atoms with Gasteiger partial charge in [0.25, 0.3) is 0 Å². The number of ether oxygens (including phenoxy) is 1. The molecule has 5 nitrogen and oxygen atoms in total. The first-order valence-corrected chi connectivity index (χ1v) is 5.44. The summed E-state index contributed by atoms with van der Waals surface area (Å²) in [6.45, 7) is 2.60. The number of terminal acetylenes is 1. The van der Waals surface area contributed by atoms with Crippen molar-refractivity contribution in [3.8, 4) is 12.3 Å². The van der Waals surface area contributed by atoms with E-state index in [-0.39, 0.29) is 0 Å². The molecule has 86 valence electrons. The van der Waals surface area contributed by atoms with Gasteiger partial charge in [0.15, 0.2) is 5.82 Å². The minimum Gasteiger partial charge on any atom is -0.381 e. The number of hydrogen-bond acceptors (Lipinski definition) is 5. The Hall–Kier alpha value is -1.38. The summed E-state index contributed by atoms with van der Waals surface area (Å²) in [5.41, 5.74) is 0. The third-order valence-corrected chi connectivity index (χ3v) is 2.57. The predicted octanol–water partition coefficient (Wildman–Crippen LogP) is 0.686. The van der Waals surface area contributed by atoms with Crippen molar-refractivity contribution < 1.29 is 9.26 Å². The summed E-state index contributed by atoms with van der Waals surface area (Å²) in [5, 5.41) is 7.00. The zero-order valence-electron chi connectivity index (χ0n) is 9.11. The Morgan fingerprint density at radius 1 is 1.44 bits per heavy atom. The summed E-state index contributed by atoms with van der Waals surface area (Å²) in [5.74, 6) is 4.25. The van der Waals surface area contributed by atoms with Crippen molar-refractivity contribution in [2.75, 3.05) is 19.8 Å². The molecule has 0 atom stereocenters. The normalized spacial score (nSPS) is 17.2. The average molecular weight is 221 g/mol. The highest BCUT2D eigenvalue weighted by Crippen LogP contribution is 2.24. The van der Waals surface area contributed by atoms with E-state index in [0.29, 0.717) is 24.9 Å². The summed E-state index contributed by atoms with van der Waals surface area (Å²) in [6.07, 6.45) is 7.06. The number of nitrogens with zero attached hydrogens (tertiary/aromatic N) is 2. The van der Waals surface area contributed by atoms with Crippen LogP contribution < -0.4 is 5.32 Å². The Kier molecular flexibility index (Phi) is 3.91. The molecule has 5 heteroatoms. The van der Waals surface area contributed by atoms with E-state index in [1.54, 1.807) is 0 Å². The summed E-state index contributed by atoms with van der Waals surface area (Å²) in [6, 6.07) is 0. The highest BCUT2D eigenvalue weighted by Gasteiger charge is 2.20. The van der Waals surface area contributed by atoms with Crippen molar-refractivity contribution in [1.29, 1.82) is 0 Å². The van der Waals surface area contributed by atoms with E-state index in [2.05, 4.69) is 21.4 Å². The van der Waals surface area contributed by atoms with Crippen LogP contribution in [0.5, 0.6) is 0 Å². The molecule has 0 aliphatic carbocycles. The third-order valence-electron chi connectivity index (χ3n) is 2.57. The van der Waals surface area contributed by atoms with Crippen LogP contribution in [0.1, 0.15) is 30.5 Å². The Balaban J connectivity index is 1.88. The van der Waals surface area contributed by atoms with Crippen LogP contribution in [-0.4, -0.2) is 29.9 Å². The molecule has 0 aromatic carbocycles. The van der Waals surface area contributed by atoms with Gasteiger partial charge in [-0.25, -0.2) is 0 Å². The molecular formula is C11H15N3O2. The van der Waals surface area contributed by atoms with Gasteiger partial charge in [-0.1, -0.05) is 11.1 Å². The highest BCUT2D eigenvalue weighted by molar-refractivity contribution is 4.97. The molecule has 1 aromatic heterocycles. The molecule has 1 fully saturated rings. The van der Waals surface area contributed by atoms with Gasteiger partial charge in [-0.05, 0) is 12.8 Å². The quantitative estimate of drug-likeness (QED) is 0.598. The molecule has 2 rings (SSSR count). The predicted molar refractivity (Wildman–Crippen MR) is 57.6 cm³/mol. The minimum absolute atomic E-state index is 0.374. The maximum Gasteiger partial charge on any atom is 0.240 e. The van der Waals surface area contributed by atoms with Crippen molar-refractivity contribution in [1.82, 2.24) is 15.5 Å². The number of aromatic nitrogens is 2. The van der Waals surface area contributed by atoms with Crippen molar-refractivity contribution in [2.45, 2.75) is 25.3 Å². The average Bonchev–Trinajstić information content (AvgIpc) is 2.79. The molecule has 0 amide bonds. The van der Waals surface area contributed by atoms with Gasteiger partial charge in [0.05, 0.1) is 13.1 Å². The number of nitrogens with one attached hydrogen (secondary N) is 1. The molecule has 2 heterocycles. The van der Waals surface area contributed by atoms with Crippen LogP contribution in [0, 0.1) is 12.3 Å². The van der Waals surface area contributed by atoms with Crippen LogP contribution in [0.15, 0.2) is 4.52 Å². The van der Waals surface area contributed by atoms with Gasteiger partial charge in [-0.2, -0.15) is 4.98 Å². The van der Waals surface area contributed by atoms with Gasteiger partial charge in [0.1, 0.15) is 0 Å². The first kappa shape index (κ1) is 11.1. The molecule has 1 aromatic rings. The zero-order valence-corrected chi connectivity index (χ0v) is 9.11. The summed E-state index contributed by atoms with van der Waals surface area (Å²) in [7, 11) is 0. The fraction of sp³-hybridized carbons (Fsp3) is 0.636. The van der Waals surface area contributed by atoms with Gasteiger partial charge in [-0.3, -0.25) is 5.32 Å². The summed E-state index contributed by atoms with van der Waals surface area (Å²) >= 11 is 0. The highest BCUT2D eigenvalue weighted by atomic mass is 16.5. The molecule has 0 saturated carbocycles. The molecule has 0 spiro atoms. The van der Waals surface area contributed by atoms with Crippen LogP contribution in [0.4, 0.5) is 0 Å². The minimum atomic E-state index is 0.374. The van der Waals surface area contributed by atoms with Crippen LogP contribution in [0.3, 0.4) is 0 Å². The second kappa shape index (κ2) is 5.64. The van der Waals surface area contributed by atoms with E-state index in [9.17, 15) is 0 Å². The van der Waals surface area contributed by atoms with Gasteiger partial charge in [-0.15, -0.1) is 6.42 Å². The lowest BCUT2D eigenvalue weighted by atomic mass is 10.00. The fourth-order valence-corrected chi connectivity index (χ4v) is 1.70. The lowest BCUT2D eigenvalue weighted by molar-refractivity contribution is 0.0830. The van der Waals surface area contributed by atoms with E-state index in [4.69, 9.17) is 15.7 Å². The van der Waals surface area contributed by atoms with Crippen LogP contribution >= 0.6 is 0 Å². The fourth-order valence-electron chi connectivity index (χ4n) is 1.70. The SMILES string of the molecule is C#CCNCc1nc(C2CCOCC2)no1. The van der Waals surface area contributed by atoms with Crippen molar-refractivity contribution in [3.63, 3.8) is 0 Å². The van der Waals surface area contributed by atoms with Crippen molar-refractivity contribution >= 4 is 0 Å². The molecule has 1 aliphatic heterocycles. The third kappa shape index (κ3) is 2.81. The van der Waals surface area contributed by atoms with Crippen LogP contribution in [0.2, 0.25) is 0 Å². The van der Waals surface area contributed by atoms with Crippen molar-refractivity contribution in [2.24, 2.45) is 0 Å².